The molecule has 1 fully saturated rings. The summed E-state index contributed by atoms with van der Waals surface area (Å²) in [5.74, 6) is 1.01. The van der Waals surface area contributed by atoms with Crippen LogP contribution >= 0.6 is 31.9 Å². The van der Waals surface area contributed by atoms with Crippen LogP contribution in [0.15, 0.2) is 45.3 Å². The molecule has 15 heteroatoms. The number of fused-ring (bicyclic) bond motifs is 1. The Labute approximate surface area is 237 Å². The number of nitrogens with one attached hydrogen (secondary N) is 1. The van der Waals surface area contributed by atoms with E-state index in [1.807, 2.05) is 22.8 Å². The molecule has 1 saturated heterocycles. The van der Waals surface area contributed by atoms with E-state index >= 15 is 0 Å². The molecular weight excluding hydrogens is 666 g/mol. The maximum absolute atomic E-state index is 12.2. The largest absolute Gasteiger partial charge is 0.522 e. The summed E-state index contributed by atoms with van der Waals surface area (Å²) in [7, 11) is 0. The molecule has 1 aromatic heterocycles. The SMILES string of the molecule is FC(F)(F)OCCn1c(C2CCOCC2)nc2ccc(Br)cc21.Nc1ccc(Br)cc1NCCOC(F)(F)F. The van der Waals surface area contributed by atoms with E-state index in [1.165, 1.54) is 0 Å². The molecule has 7 nitrogen and oxygen atoms in total. The van der Waals surface area contributed by atoms with Crippen molar-refractivity contribution < 1.29 is 40.6 Å². The Morgan fingerprint density at radius 1 is 0.949 bits per heavy atom. The Kier molecular flexibility index (Phi) is 11.3. The molecule has 0 bridgehead atoms. The van der Waals surface area contributed by atoms with Gasteiger partial charge >= 0.3 is 12.7 Å². The quantitative estimate of drug-likeness (QED) is 0.148. The van der Waals surface area contributed by atoms with Crippen molar-refractivity contribution in [3.8, 4) is 0 Å². The highest BCUT2D eigenvalue weighted by atomic mass is 79.9. The average Bonchev–Trinajstić information content (AvgIpc) is 3.21. The molecule has 0 spiro atoms. The minimum atomic E-state index is -4.62. The molecule has 3 N–H and O–H groups in total. The number of alkyl halides is 6. The molecule has 216 valence electrons. The topological polar surface area (TPSA) is 83.6 Å². The number of nitrogen functional groups attached to an aromatic ring is 1. The lowest BCUT2D eigenvalue weighted by Gasteiger charge is -2.22. The lowest BCUT2D eigenvalue weighted by atomic mass is 9.99. The average molecular weight is 692 g/mol. The van der Waals surface area contributed by atoms with Gasteiger partial charge in [-0.1, -0.05) is 31.9 Å². The lowest BCUT2D eigenvalue weighted by Crippen LogP contribution is -2.21. The molecule has 0 saturated carbocycles. The normalized spacial score (nSPS) is 14.8. The van der Waals surface area contributed by atoms with Gasteiger partial charge in [0.2, 0.25) is 0 Å². The van der Waals surface area contributed by atoms with E-state index in [9.17, 15) is 26.3 Å². The number of rotatable bonds is 8. The number of nitrogens with zero attached hydrogens (tertiary/aromatic N) is 2. The van der Waals surface area contributed by atoms with Crippen LogP contribution in [0.25, 0.3) is 11.0 Å². The summed E-state index contributed by atoms with van der Waals surface area (Å²) in [6.07, 6.45) is -7.56. The molecule has 4 rings (SSSR count). The molecule has 0 atom stereocenters. The molecule has 0 unspecified atom stereocenters. The predicted molar refractivity (Wildman–Crippen MR) is 141 cm³/mol. The first-order valence-corrected chi connectivity index (χ1v) is 13.3. The summed E-state index contributed by atoms with van der Waals surface area (Å²) in [6, 6.07) is 10.7. The monoisotopic (exact) mass is 690 g/mol. The van der Waals surface area contributed by atoms with Crippen molar-refractivity contribution in [3.05, 3.63) is 51.2 Å². The number of aromatic nitrogens is 2. The van der Waals surface area contributed by atoms with Crippen molar-refractivity contribution >= 4 is 54.3 Å². The maximum Gasteiger partial charge on any atom is 0.522 e. The smallest absolute Gasteiger partial charge is 0.397 e. The van der Waals surface area contributed by atoms with E-state index in [2.05, 4.69) is 51.6 Å². The summed E-state index contributed by atoms with van der Waals surface area (Å²) in [5, 5.41) is 2.75. The standard InChI is InChI=1S/C15H16BrF3N2O2.C9H10BrF3N2O/c16-11-1-2-12-13(9-11)21(5-8-23-15(17,18)19)14(20-12)10-3-6-22-7-4-10;10-6-1-2-7(14)8(5-6)15-3-4-16-9(11,12)13/h1-2,9-10H,3-8H2;1-2,5,15H,3-4,14H2. The van der Waals surface area contributed by atoms with Crippen LogP contribution in [-0.2, 0) is 20.8 Å². The third-order valence-corrected chi connectivity index (χ3v) is 6.59. The molecule has 1 aliphatic rings. The van der Waals surface area contributed by atoms with Gasteiger partial charge in [0.1, 0.15) is 5.82 Å². The summed E-state index contributed by atoms with van der Waals surface area (Å²) in [5.41, 5.74) is 8.24. The third kappa shape index (κ3) is 10.4. The number of anilines is 2. The van der Waals surface area contributed by atoms with Gasteiger partial charge in [-0.3, -0.25) is 9.47 Å². The van der Waals surface area contributed by atoms with E-state index in [-0.39, 0.29) is 19.0 Å². The number of ether oxygens (including phenoxy) is 3. The van der Waals surface area contributed by atoms with Crippen molar-refractivity contribution in [1.29, 1.82) is 0 Å². The minimum absolute atomic E-state index is 0.0279. The Morgan fingerprint density at radius 3 is 2.23 bits per heavy atom. The van der Waals surface area contributed by atoms with E-state index in [0.29, 0.717) is 24.6 Å². The van der Waals surface area contributed by atoms with Gasteiger partial charge in [-0.2, -0.15) is 0 Å². The number of hydrogen-bond acceptors (Lipinski definition) is 6. The Hall–Kier alpha value is -2.07. The first-order valence-electron chi connectivity index (χ1n) is 11.8. The molecule has 2 heterocycles. The summed E-state index contributed by atoms with van der Waals surface area (Å²) in [6.45, 7) is 0.541. The van der Waals surface area contributed by atoms with Crippen LogP contribution in [0.5, 0.6) is 0 Å². The zero-order chi connectivity index (χ0) is 28.6. The zero-order valence-corrected chi connectivity index (χ0v) is 23.6. The van der Waals surface area contributed by atoms with Gasteiger partial charge in [-0.25, -0.2) is 4.98 Å². The Balaban J connectivity index is 0.000000231. The highest BCUT2D eigenvalue weighted by Gasteiger charge is 2.30. The molecule has 0 amide bonds. The number of imidazole rings is 1. The molecule has 2 aromatic carbocycles. The number of hydrogen-bond donors (Lipinski definition) is 2. The van der Waals surface area contributed by atoms with Crippen molar-refractivity contribution in [1.82, 2.24) is 9.55 Å². The number of halogens is 8. The van der Waals surface area contributed by atoms with Gasteiger partial charge in [0.05, 0.1) is 35.6 Å². The van der Waals surface area contributed by atoms with Crippen molar-refractivity contribution in [2.45, 2.75) is 38.0 Å². The van der Waals surface area contributed by atoms with Crippen LogP contribution in [-0.4, -0.2) is 55.2 Å². The maximum atomic E-state index is 12.2. The molecule has 0 radical (unpaired) electrons. The first kappa shape index (κ1) is 31.5. The van der Waals surface area contributed by atoms with Crippen molar-refractivity contribution in [2.75, 3.05) is 44.0 Å². The van der Waals surface area contributed by atoms with Crippen LogP contribution in [0.1, 0.15) is 24.6 Å². The molecule has 39 heavy (non-hydrogen) atoms. The zero-order valence-electron chi connectivity index (χ0n) is 20.4. The summed E-state index contributed by atoms with van der Waals surface area (Å²) < 4.78 is 88.1. The van der Waals surface area contributed by atoms with Crippen LogP contribution in [0.2, 0.25) is 0 Å². The highest BCUT2D eigenvalue weighted by molar-refractivity contribution is 9.10. The third-order valence-electron chi connectivity index (χ3n) is 5.61. The molecular formula is C24H26Br2F6N4O3. The van der Waals surface area contributed by atoms with Gasteiger partial charge in [0.25, 0.3) is 0 Å². The van der Waals surface area contributed by atoms with E-state index < -0.39 is 25.9 Å². The van der Waals surface area contributed by atoms with Gasteiger partial charge in [-0.15, -0.1) is 26.3 Å². The Morgan fingerprint density at radius 2 is 1.56 bits per heavy atom. The van der Waals surface area contributed by atoms with E-state index in [4.69, 9.17) is 10.5 Å². The van der Waals surface area contributed by atoms with Gasteiger partial charge < -0.3 is 20.4 Å². The van der Waals surface area contributed by atoms with E-state index in [0.717, 1.165) is 38.6 Å². The van der Waals surface area contributed by atoms with Crippen molar-refractivity contribution in [2.24, 2.45) is 0 Å². The fraction of sp³-hybridized carbons (Fsp3) is 0.458. The molecule has 0 aliphatic carbocycles. The second-order valence-electron chi connectivity index (χ2n) is 8.39. The molecule has 3 aromatic rings. The molecule has 1 aliphatic heterocycles. The van der Waals surface area contributed by atoms with Crippen LogP contribution < -0.4 is 11.1 Å². The van der Waals surface area contributed by atoms with Gasteiger partial charge in [-0.05, 0) is 49.2 Å². The number of benzene rings is 2. The fourth-order valence-electron chi connectivity index (χ4n) is 3.90. The van der Waals surface area contributed by atoms with Crippen LogP contribution in [0.4, 0.5) is 37.7 Å². The van der Waals surface area contributed by atoms with Crippen LogP contribution in [0, 0.1) is 0 Å². The highest BCUT2D eigenvalue weighted by Crippen LogP contribution is 2.31. The second kappa shape index (κ2) is 14.0. The van der Waals surface area contributed by atoms with E-state index in [1.54, 1.807) is 18.2 Å². The van der Waals surface area contributed by atoms with Crippen molar-refractivity contribution in [3.63, 3.8) is 0 Å². The first-order chi connectivity index (χ1) is 18.3. The van der Waals surface area contributed by atoms with Gasteiger partial charge in [0.15, 0.2) is 0 Å². The summed E-state index contributed by atoms with van der Waals surface area (Å²) in [4.78, 5) is 4.64. The fourth-order valence-corrected chi connectivity index (χ4v) is 4.61. The minimum Gasteiger partial charge on any atom is -0.397 e. The second-order valence-corrected chi connectivity index (χ2v) is 10.2. The number of nitrogens with two attached hydrogens (primary N) is 1. The lowest BCUT2D eigenvalue weighted by molar-refractivity contribution is -0.325. The van der Waals surface area contributed by atoms with Crippen LogP contribution in [0.3, 0.4) is 0 Å². The summed E-state index contributed by atoms with van der Waals surface area (Å²) >= 11 is 6.63. The predicted octanol–water partition coefficient (Wildman–Crippen LogP) is 7.21. The Bertz CT molecular complexity index is 1220. The van der Waals surface area contributed by atoms with Gasteiger partial charge in [0, 0.05) is 41.2 Å².